The van der Waals surface area contributed by atoms with Crippen LogP contribution in [0.4, 0.5) is 41.9 Å². The summed E-state index contributed by atoms with van der Waals surface area (Å²) in [5, 5.41) is 12.8. The van der Waals surface area contributed by atoms with Gasteiger partial charge in [-0.15, -0.1) is 0 Å². The van der Waals surface area contributed by atoms with Gasteiger partial charge in [0.25, 0.3) is 0 Å². The number of nitrogen functional groups attached to an aromatic ring is 1. The maximum Gasteiger partial charge on any atom is 0.238 e. The van der Waals surface area contributed by atoms with Gasteiger partial charge in [-0.3, -0.25) is 0 Å². The summed E-state index contributed by atoms with van der Waals surface area (Å²) in [5.41, 5.74) is 8.81. The van der Waals surface area contributed by atoms with Gasteiger partial charge in [-0.05, 0) is 118 Å². The van der Waals surface area contributed by atoms with Gasteiger partial charge >= 0.3 is 0 Å². The first-order chi connectivity index (χ1) is 30.2. The van der Waals surface area contributed by atoms with Crippen molar-refractivity contribution in [2.45, 2.75) is 49.6 Å². The molecular weight excluding hydrogens is 897 g/mol. The smallest absolute Gasteiger partial charge is 0.238 e. The number of fused-ring (bicyclic) bond motifs is 2. The third-order valence-corrected chi connectivity index (χ3v) is 11.7. The SMILES string of the molecule is CC(C)N1CCOc2c(F)cc(-c3nc(Nc4ccc(S(N)(=O)=O)cc4)ncc3F)cc21.CC(C)N1CCOc2ccc(-c3nc(Cl)ncc3F)cc21.Nc1ccc(S(N)(=O)=O)cc1. The van der Waals surface area contributed by atoms with Crippen LogP contribution < -0.4 is 40.6 Å². The van der Waals surface area contributed by atoms with Crippen LogP contribution in [-0.4, -0.2) is 75.2 Å². The van der Waals surface area contributed by atoms with Gasteiger partial charge in [0.1, 0.15) is 30.4 Å². The lowest BCUT2D eigenvalue weighted by Crippen LogP contribution is -2.38. The van der Waals surface area contributed by atoms with Crippen molar-refractivity contribution < 1.29 is 39.5 Å². The van der Waals surface area contributed by atoms with Crippen LogP contribution in [0.1, 0.15) is 27.7 Å². The van der Waals surface area contributed by atoms with E-state index in [-0.39, 0.29) is 49.8 Å². The van der Waals surface area contributed by atoms with Crippen LogP contribution in [0.25, 0.3) is 22.5 Å². The fourth-order valence-corrected chi connectivity index (χ4v) is 7.75. The van der Waals surface area contributed by atoms with E-state index in [1.165, 1.54) is 54.6 Å². The molecule has 4 heterocycles. The van der Waals surface area contributed by atoms with Crippen molar-refractivity contribution in [1.29, 1.82) is 0 Å². The van der Waals surface area contributed by atoms with E-state index in [0.717, 1.165) is 30.4 Å². The average Bonchev–Trinajstić information content (AvgIpc) is 3.24. The van der Waals surface area contributed by atoms with Gasteiger partial charge in [0.2, 0.25) is 31.3 Å². The van der Waals surface area contributed by atoms with Crippen LogP contribution in [0.2, 0.25) is 5.28 Å². The lowest BCUT2D eigenvalue weighted by Gasteiger charge is -2.34. The third kappa shape index (κ3) is 11.5. The summed E-state index contributed by atoms with van der Waals surface area (Å²) in [6.45, 7) is 10.6. The fourth-order valence-electron chi connectivity index (χ4n) is 6.59. The molecule has 0 radical (unpaired) electrons. The minimum Gasteiger partial charge on any atom is -0.490 e. The molecule has 2 aromatic heterocycles. The van der Waals surface area contributed by atoms with E-state index in [2.05, 4.69) is 44.0 Å². The molecule has 0 fully saturated rings. The average molecular weight is 941 g/mol. The van der Waals surface area contributed by atoms with Gasteiger partial charge in [0.05, 0.1) is 46.6 Å². The second kappa shape index (κ2) is 19.6. The van der Waals surface area contributed by atoms with Crippen LogP contribution in [0.3, 0.4) is 0 Å². The number of rotatable bonds is 8. The van der Waals surface area contributed by atoms with Gasteiger partial charge in [-0.25, -0.2) is 60.2 Å². The molecule has 0 atom stereocenters. The van der Waals surface area contributed by atoms with Crippen molar-refractivity contribution in [2.75, 3.05) is 47.2 Å². The Hall–Kier alpha value is -6.26. The molecule has 16 nitrogen and oxygen atoms in total. The highest BCUT2D eigenvalue weighted by Crippen LogP contribution is 2.40. The number of benzene rings is 4. The first-order valence-electron chi connectivity index (χ1n) is 19.5. The molecule has 4 aromatic carbocycles. The summed E-state index contributed by atoms with van der Waals surface area (Å²) in [6.07, 6.45) is 2.07. The third-order valence-electron chi connectivity index (χ3n) is 9.67. The first-order valence-corrected chi connectivity index (χ1v) is 22.9. The Morgan fingerprint density at radius 3 is 1.80 bits per heavy atom. The summed E-state index contributed by atoms with van der Waals surface area (Å²) < 4.78 is 98.6. The summed E-state index contributed by atoms with van der Waals surface area (Å²) in [7, 11) is -7.40. The van der Waals surface area contributed by atoms with Crippen LogP contribution in [0, 0.1) is 17.5 Å². The monoisotopic (exact) mass is 940 g/mol. The molecule has 7 N–H and O–H groups in total. The van der Waals surface area contributed by atoms with Crippen LogP contribution in [0.5, 0.6) is 11.5 Å². The van der Waals surface area contributed by atoms with Gasteiger partial charge < -0.3 is 30.3 Å². The zero-order valence-corrected chi connectivity index (χ0v) is 37.2. The van der Waals surface area contributed by atoms with Gasteiger partial charge in [-0.2, -0.15) is 0 Å². The normalized spacial score (nSPS) is 13.4. The summed E-state index contributed by atoms with van der Waals surface area (Å²) in [4.78, 5) is 20.0. The molecule has 8 rings (SSSR count). The predicted molar refractivity (Wildman–Crippen MR) is 239 cm³/mol. The van der Waals surface area contributed by atoms with E-state index in [0.29, 0.717) is 48.4 Å². The van der Waals surface area contributed by atoms with Gasteiger partial charge in [0.15, 0.2) is 23.2 Å². The highest BCUT2D eigenvalue weighted by atomic mass is 35.5. The number of primary sulfonamides is 2. The number of ether oxygens (including phenoxy) is 2. The molecule has 2 aliphatic rings. The molecule has 0 unspecified atom stereocenters. The molecule has 2 aliphatic heterocycles. The molecule has 6 aromatic rings. The van der Waals surface area contributed by atoms with E-state index in [4.69, 9.17) is 37.1 Å². The summed E-state index contributed by atoms with van der Waals surface area (Å²) >= 11 is 5.77. The zero-order valence-electron chi connectivity index (χ0n) is 34.8. The van der Waals surface area contributed by atoms with Gasteiger partial charge in [0, 0.05) is 34.6 Å². The van der Waals surface area contributed by atoms with E-state index in [1.807, 2.05) is 30.9 Å². The highest BCUT2D eigenvalue weighted by molar-refractivity contribution is 7.89. The molecule has 0 amide bonds. The van der Waals surface area contributed by atoms with Crippen molar-refractivity contribution in [3.63, 3.8) is 0 Å². The Balaban J connectivity index is 0.000000181. The maximum absolute atomic E-state index is 14.8. The first kappa shape index (κ1) is 47.2. The topological polar surface area (TPSA) is 235 Å². The number of nitrogens with one attached hydrogen (secondary N) is 1. The minimum absolute atomic E-state index is 0.0288. The molecule has 0 saturated carbocycles. The van der Waals surface area contributed by atoms with Crippen LogP contribution in [-0.2, 0) is 20.0 Å². The number of aromatic nitrogens is 4. The van der Waals surface area contributed by atoms with Crippen molar-refractivity contribution in [1.82, 2.24) is 19.9 Å². The lowest BCUT2D eigenvalue weighted by molar-refractivity contribution is 0.287. The van der Waals surface area contributed by atoms with E-state index in [9.17, 15) is 30.0 Å². The number of hydrogen-bond acceptors (Lipinski definition) is 14. The molecule has 22 heteroatoms. The standard InChI is InChI=1S/C21H21F2N5O3S.C15H15ClFN3O.C6H8N2O2S/c1-12(2)28-7-8-31-20-16(22)9-13(10-18(20)28)19-17(23)11-25-21(27-19)26-14-3-5-15(6-4-14)32(24,29)30;1-9(2)20-5-6-21-13-4-3-10(7-12(13)20)14-11(17)8-18-15(16)19-14;7-5-1-3-6(4-2-5)11(8,9)10/h3-6,9-12H,7-8H2,1-2H3,(H2,24,29,30)(H,25,26,27);3-4,7-9H,5-6H2,1-2H3;1-4H,7H2,(H2,8,9,10). The number of halogens is 4. The highest BCUT2D eigenvalue weighted by Gasteiger charge is 2.26. The number of nitrogens with two attached hydrogens (primary N) is 3. The second-order valence-electron chi connectivity index (χ2n) is 14.8. The molecule has 338 valence electrons. The van der Waals surface area contributed by atoms with Crippen molar-refractivity contribution >= 4 is 60.3 Å². The van der Waals surface area contributed by atoms with Crippen molar-refractivity contribution in [3.8, 4) is 34.0 Å². The summed E-state index contributed by atoms with van der Waals surface area (Å²) in [5.74, 6) is -0.816. The van der Waals surface area contributed by atoms with E-state index < -0.39 is 37.5 Å². The second-order valence-corrected chi connectivity index (χ2v) is 18.3. The van der Waals surface area contributed by atoms with E-state index >= 15 is 0 Å². The molecular formula is C42H44ClF3N10O6S2. The molecule has 0 spiro atoms. The Morgan fingerprint density at radius 2 is 1.20 bits per heavy atom. The zero-order chi connectivity index (χ0) is 46.5. The number of hydrogen-bond donors (Lipinski definition) is 4. The Labute approximate surface area is 373 Å². The molecule has 0 aliphatic carbocycles. The lowest BCUT2D eigenvalue weighted by atomic mass is 10.1. The Bertz CT molecular complexity index is 2860. The Kier molecular flexibility index (Phi) is 14.5. The molecule has 0 saturated heterocycles. The predicted octanol–water partition coefficient (Wildman–Crippen LogP) is 6.88. The number of nitrogens with zero attached hydrogens (tertiary/aromatic N) is 6. The largest absolute Gasteiger partial charge is 0.490 e. The van der Waals surface area contributed by atoms with Crippen LogP contribution in [0.15, 0.2) is 101 Å². The number of sulfonamides is 2. The minimum atomic E-state index is -3.82. The van der Waals surface area contributed by atoms with Crippen molar-refractivity contribution in [3.05, 3.63) is 114 Å². The number of anilines is 5. The van der Waals surface area contributed by atoms with E-state index in [1.54, 1.807) is 12.1 Å². The quantitative estimate of drug-likeness (QED) is 0.0900. The molecule has 0 bridgehead atoms. The van der Waals surface area contributed by atoms with Crippen molar-refractivity contribution in [2.24, 2.45) is 10.3 Å². The summed E-state index contributed by atoms with van der Waals surface area (Å²) in [6, 6.07) is 20.1. The Morgan fingerprint density at radius 1 is 0.672 bits per heavy atom. The van der Waals surface area contributed by atoms with Gasteiger partial charge in [-0.1, -0.05) is 0 Å². The fraction of sp³-hybridized carbons (Fsp3) is 0.238. The van der Waals surface area contributed by atoms with Crippen LogP contribution >= 0.6 is 11.6 Å². The maximum atomic E-state index is 14.8. The molecule has 64 heavy (non-hydrogen) atoms.